The number of hydrogen-bond donors (Lipinski definition) is 0. The molecule has 1 aromatic carbocycles. The molecule has 2 aliphatic rings. The van der Waals surface area contributed by atoms with E-state index in [0.29, 0.717) is 41.1 Å². The minimum absolute atomic E-state index is 0.0643. The Kier molecular flexibility index (Phi) is 5.50. The summed E-state index contributed by atoms with van der Waals surface area (Å²) < 4.78 is 38.1. The van der Waals surface area contributed by atoms with Gasteiger partial charge in [0.2, 0.25) is 5.95 Å². The largest absolute Gasteiger partial charge is 0.367 e. The SMILES string of the molecule is CSc1nc2nc(N3C[C@@H](C)O[C@@H](c4cnn(C5CC5)c4)C3)nc(-c3ccc(F)cc3F)c2s1. The number of aromatic nitrogens is 5. The Labute approximate surface area is 203 Å². The number of fused-ring (bicyclic) bond motifs is 1. The molecular weight excluding hydrogens is 478 g/mol. The number of thioether (sulfide) groups is 1. The number of nitrogens with zero attached hydrogens (tertiary/aromatic N) is 6. The molecule has 6 rings (SSSR count). The number of morpholine rings is 1. The standard InChI is InChI=1S/C23H22F2N6OS2/c1-12-9-30(11-18(32-12)13-8-26-31(10-13)15-4-5-15)22-27-19(16-6-3-14(24)7-17(16)25)20-21(28-22)29-23(33-2)34-20/h3,6-8,10,12,15,18H,4-5,9,11H2,1-2H3/t12-,18-/m1/s1. The van der Waals surface area contributed by atoms with Gasteiger partial charge in [-0.3, -0.25) is 4.68 Å². The maximum atomic E-state index is 14.8. The summed E-state index contributed by atoms with van der Waals surface area (Å²) in [6.45, 7) is 3.14. The number of anilines is 1. The highest BCUT2D eigenvalue weighted by Gasteiger charge is 2.32. The molecule has 0 bridgehead atoms. The van der Waals surface area contributed by atoms with Gasteiger partial charge in [-0.1, -0.05) is 11.8 Å². The summed E-state index contributed by atoms with van der Waals surface area (Å²) in [4.78, 5) is 16.2. The lowest BCUT2D eigenvalue weighted by molar-refractivity contribution is -0.0178. The fourth-order valence-electron chi connectivity index (χ4n) is 4.24. The van der Waals surface area contributed by atoms with Crippen LogP contribution in [0.1, 0.15) is 37.5 Å². The molecule has 0 spiro atoms. The highest BCUT2D eigenvalue weighted by molar-refractivity contribution is 8.00. The summed E-state index contributed by atoms with van der Waals surface area (Å²) in [5, 5.41) is 4.50. The topological polar surface area (TPSA) is 69.0 Å². The number of thiazole rings is 1. The zero-order valence-electron chi connectivity index (χ0n) is 18.6. The first-order valence-corrected chi connectivity index (χ1v) is 13.1. The van der Waals surface area contributed by atoms with Crippen LogP contribution in [0.3, 0.4) is 0 Å². The van der Waals surface area contributed by atoms with Crippen LogP contribution in [0, 0.1) is 11.6 Å². The highest BCUT2D eigenvalue weighted by Crippen LogP contribution is 2.38. The van der Waals surface area contributed by atoms with Crippen molar-refractivity contribution < 1.29 is 13.5 Å². The van der Waals surface area contributed by atoms with E-state index in [1.165, 1.54) is 35.2 Å². The van der Waals surface area contributed by atoms with E-state index >= 15 is 0 Å². The molecule has 11 heteroatoms. The van der Waals surface area contributed by atoms with Crippen molar-refractivity contribution in [2.75, 3.05) is 24.2 Å². The molecule has 0 radical (unpaired) electrons. The number of halogens is 2. The van der Waals surface area contributed by atoms with Crippen LogP contribution in [0.4, 0.5) is 14.7 Å². The monoisotopic (exact) mass is 500 g/mol. The van der Waals surface area contributed by atoms with Gasteiger partial charge in [-0.15, -0.1) is 11.3 Å². The lowest BCUT2D eigenvalue weighted by Crippen LogP contribution is -2.43. The van der Waals surface area contributed by atoms with E-state index in [0.717, 1.165) is 28.8 Å². The predicted octanol–water partition coefficient (Wildman–Crippen LogP) is 5.25. The van der Waals surface area contributed by atoms with Crippen LogP contribution in [-0.2, 0) is 4.74 Å². The van der Waals surface area contributed by atoms with Gasteiger partial charge in [0, 0.05) is 29.9 Å². The quantitative estimate of drug-likeness (QED) is 0.347. The zero-order chi connectivity index (χ0) is 23.4. The maximum Gasteiger partial charge on any atom is 0.228 e. The number of benzene rings is 1. The average molecular weight is 501 g/mol. The molecule has 2 fully saturated rings. The highest BCUT2D eigenvalue weighted by atomic mass is 32.2. The molecule has 1 aliphatic carbocycles. The Bertz CT molecular complexity index is 1370. The Morgan fingerprint density at radius 1 is 1.15 bits per heavy atom. The molecule has 3 aromatic heterocycles. The Morgan fingerprint density at radius 3 is 2.76 bits per heavy atom. The summed E-state index contributed by atoms with van der Waals surface area (Å²) in [6, 6.07) is 4.04. The van der Waals surface area contributed by atoms with Gasteiger partial charge in [-0.25, -0.2) is 18.7 Å². The van der Waals surface area contributed by atoms with Gasteiger partial charge in [-0.2, -0.15) is 10.1 Å². The molecule has 0 amide bonds. The van der Waals surface area contributed by atoms with Crippen LogP contribution in [0.2, 0.25) is 0 Å². The molecule has 1 aliphatic heterocycles. The van der Waals surface area contributed by atoms with Crippen LogP contribution in [0.25, 0.3) is 21.6 Å². The summed E-state index contributed by atoms with van der Waals surface area (Å²) >= 11 is 2.91. The normalized spacial score (nSPS) is 20.9. The van der Waals surface area contributed by atoms with Gasteiger partial charge in [-0.05, 0) is 38.2 Å². The van der Waals surface area contributed by atoms with Gasteiger partial charge in [0.15, 0.2) is 9.99 Å². The van der Waals surface area contributed by atoms with Gasteiger partial charge in [0.1, 0.15) is 22.4 Å². The van der Waals surface area contributed by atoms with E-state index in [4.69, 9.17) is 14.7 Å². The van der Waals surface area contributed by atoms with E-state index in [-0.39, 0.29) is 17.8 Å². The second-order valence-corrected chi connectivity index (χ2v) is 10.7. The molecule has 34 heavy (non-hydrogen) atoms. The van der Waals surface area contributed by atoms with E-state index in [9.17, 15) is 8.78 Å². The van der Waals surface area contributed by atoms with Gasteiger partial charge >= 0.3 is 0 Å². The second kappa shape index (κ2) is 8.54. The van der Waals surface area contributed by atoms with E-state index in [2.05, 4.69) is 21.2 Å². The average Bonchev–Trinajstić information content (AvgIpc) is 3.39. The minimum atomic E-state index is -0.661. The Hall–Kier alpha value is -2.63. The number of rotatable bonds is 5. The molecule has 7 nitrogen and oxygen atoms in total. The molecule has 2 atom stereocenters. The second-order valence-electron chi connectivity index (χ2n) is 8.66. The van der Waals surface area contributed by atoms with Crippen molar-refractivity contribution in [2.45, 2.75) is 42.4 Å². The van der Waals surface area contributed by atoms with Crippen molar-refractivity contribution in [3.63, 3.8) is 0 Å². The van der Waals surface area contributed by atoms with Crippen LogP contribution >= 0.6 is 23.1 Å². The molecule has 1 saturated carbocycles. The van der Waals surface area contributed by atoms with Gasteiger partial charge in [0.25, 0.3) is 0 Å². The number of hydrogen-bond acceptors (Lipinski definition) is 8. The van der Waals surface area contributed by atoms with Crippen LogP contribution in [-0.4, -0.2) is 50.2 Å². The van der Waals surface area contributed by atoms with Gasteiger partial charge in [0.05, 0.1) is 30.6 Å². The molecule has 4 aromatic rings. The molecule has 0 unspecified atom stereocenters. The maximum absolute atomic E-state index is 14.8. The van der Waals surface area contributed by atoms with Crippen LogP contribution in [0.15, 0.2) is 34.9 Å². The van der Waals surface area contributed by atoms with Crippen LogP contribution < -0.4 is 4.90 Å². The van der Waals surface area contributed by atoms with Crippen molar-refractivity contribution in [3.05, 3.63) is 47.8 Å². The zero-order valence-corrected chi connectivity index (χ0v) is 20.2. The van der Waals surface area contributed by atoms with E-state index in [1.54, 1.807) is 0 Å². The first-order valence-electron chi connectivity index (χ1n) is 11.1. The summed E-state index contributed by atoms with van der Waals surface area (Å²) in [5.41, 5.74) is 2.19. The van der Waals surface area contributed by atoms with Gasteiger partial charge < -0.3 is 9.64 Å². The molecule has 4 heterocycles. The fraction of sp³-hybridized carbons (Fsp3) is 0.391. The van der Waals surface area contributed by atoms with E-state index in [1.807, 2.05) is 24.1 Å². The Balaban J connectivity index is 1.40. The van der Waals surface area contributed by atoms with Crippen LogP contribution in [0.5, 0.6) is 0 Å². The molecule has 1 saturated heterocycles. The predicted molar refractivity (Wildman–Crippen MR) is 128 cm³/mol. The minimum Gasteiger partial charge on any atom is -0.367 e. The summed E-state index contributed by atoms with van der Waals surface area (Å²) in [6.07, 6.45) is 7.94. The smallest absolute Gasteiger partial charge is 0.228 e. The van der Waals surface area contributed by atoms with Crippen molar-refractivity contribution in [2.24, 2.45) is 0 Å². The third-order valence-electron chi connectivity index (χ3n) is 6.04. The van der Waals surface area contributed by atoms with Crippen molar-refractivity contribution in [3.8, 4) is 11.3 Å². The van der Waals surface area contributed by atoms with Crippen molar-refractivity contribution >= 4 is 39.4 Å². The lowest BCUT2D eigenvalue weighted by Gasteiger charge is -2.36. The molecular formula is C23H22F2N6OS2. The Morgan fingerprint density at radius 2 is 2.00 bits per heavy atom. The lowest BCUT2D eigenvalue weighted by atomic mass is 10.1. The summed E-state index contributed by atoms with van der Waals surface area (Å²) in [5.74, 6) is -0.831. The third-order valence-corrected chi connectivity index (χ3v) is 8.08. The molecule has 176 valence electrons. The van der Waals surface area contributed by atoms with Crippen molar-refractivity contribution in [1.82, 2.24) is 24.7 Å². The number of ether oxygens (including phenoxy) is 1. The fourth-order valence-corrected chi connectivity index (χ4v) is 5.75. The van der Waals surface area contributed by atoms with Crippen molar-refractivity contribution in [1.29, 1.82) is 0 Å². The first-order chi connectivity index (χ1) is 16.5. The first kappa shape index (κ1) is 21.9. The summed E-state index contributed by atoms with van der Waals surface area (Å²) in [7, 11) is 0. The third kappa shape index (κ3) is 4.05. The molecule has 0 N–H and O–H groups in total. The van der Waals surface area contributed by atoms with E-state index < -0.39 is 11.6 Å².